The Kier molecular flexibility index (Phi) is 3.93. The van der Waals surface area contributed by atoms with Gasteiger partial charge in [-0.2, -0.15) is 0 Å². The minimum atomic E-state index is -0.196. The van der Waals surface area contributed by atoms with E-state index in [0.717, 1.165) is 16.6 Å². The summed E-state index contributed by atoms with van der Waals surface area (Å²) in [5, 5.41) is 0.771. The number of hydrogen-bond acceptors (Lipinski definition) is 3. The molecule has 0 fully saturated rings. The van der Waals surface area contributed by atoms with Crippen molar-refractivity contribution in [3.63, 3.8) is 0 Å². The number of rotatable bonds is 3. The topological polar surface area (TPSA) is 55.2 Å². The predicted octanol–water partition coefficient (Wildman–Crippen LogP) is 2.21. The zero-order valence-electron chi connectivity index (χ0n) is 13.1. The molecule has 0 bridgehead atoms. The van der Waals surface area contributed by atoms with Crippen LogP contribution < -0.4 is 5.56 Å². The van der Waals surface area contributed by atoms with E-state index in [1.165, 1.54) is 6.07 Å². The van der Waals surface area contributed by atoms with Gasteiger partial charge in [0.05, 0.1) is 23.3 Å². The van der Waals surface area contributed by atoms with Crippen LogP contribution in [0.4, 0.5) is 0 Å². The van der Waals surface area contributed by atoms with Crippen molar-refractivity contribution in [3.05, 3.63) is 76.3 Å². The number of benzene rings is 1. The smallest absolute Gasteiger partial charge is 0.254 e. The lowest BCUT2D eigenvalue weighted by Gasteiger charge is -2.18. The number of aromatic nitrogens is 2. The summed E-state index contributed by atoms with van der Waals surface area (Å²) in [7, 11) is 3.42. The molecule has 23 heavy (non-hydrogen) atoms. The van der Waals surface area contributed by atoms with E-state index < -0.39 is 0 Å². The van der Waals surface area contributed by atoms with E-state index in [2.05, 4.69) is 4.98 Å². The molecule has 3 aromatic rings. The highest BCUT2D eigenvalue weighted by Crippen LogP contribution is 2.18. The van der Waals surface area contributed by atoms with Gasteiger partial charge in [0.2, 0.25) is 0 Å². The van der Waals surface area contributed by atoms with Gasteiger partial charge in [-0.3, -0.25) is 14.6 Å². The van der Waals surface area contributed by atoms with E-state index in [1.54, 1.807) is 29.8 Å². The Morgan fingerprint density at radius 3 is 2.65 bits per heavy atom. The first kappa shape index (κ1) is 15.0. The third kappa shape index (κ3) is 2.85. The molecule has 2 aromatic heterocycles. The van der Waals surface area contributed by atoms with Gasteiger partial charge in [0.25, 0.3) is 11.5 Å². The van der Waals surface area contributed by atoms with Crippen LogP contribution in [0.25, 0.3) is 10.9 Å². The van der Waals surface area contributed by atoms with Gasteiger partial charge < -0.3 is 9.47 Å². The fraction of sp³-hybridized carbons (Fsp3) is 0.167. The van der Waals surface area contributed by atoms with Crippen LogP contribution in [0.15, 0.2) is 59.5 Å². The van der Waals surface area contributed by atoms with Gasteiger partial charge in [-0.1, -0.05) is 24.3 Å². The van der Waals surface area contributed by atoms with Crippen LogP contribution in [0.3, 0.4) is 0 Å². The molecule has 0 N–H and O–H groups in total. The number of pyridine rings is 2. The van der Waals surface area contributed by atoms with Crippen molar-refractivity contribution in [3.8, 4) is 0 Å². The zero-order chi connectivity index (χ0) is 16.4. The standard InChI is InChI=1S/C18H17N3O2/c1-20(12-13-7-5-6-10-19-13)18(23)15-11-17(22)21(2)16-9-4-3-8-14(15)16/h3-11H,12H2,1-2H3. The Labute approximate surface area is 133 Å². The lowest BCUT2D eigenvalue weighted by Crippen LogP contribution is -2.29. The summed E-state index contributed by atoms with van der Waals surface area (Å²) in [6.07, 6.45) is 1.70. The van der Waals surface area contributed by atoms with Crippen molar-refractivity contribution in [2.24, 2.45) is 7.05 Å². The maximum Gasteiger partial charge on any atom is 0.254 e. The fourth-order valence-corrected chi connectivity index (χ4v) is 2.60. The van der Waals surface area contributed by atoms with Crippen LogP contribution in [0.5, 0.6) is 0 Å². The Hall–Kier alpha value is -2.95. The normalized spacial score (nSPS) is 10.7. The van der Waals surface area contributed by atoms with Crippen molar-refractivity contribution < 1.29 is 4.79 Å². The minimum absolute atomic E-state index is 0.190. The summed E-state index contributed by atoms with van der Waals surface area (Å²) in [6.45, 7) is 0.392. The average molecular weight is 307 g/mol. The quantitative estimate of drug-likeness (QED) is 0.745. The molecule has 0 aliphatic carbocycles. The molecule has 0 radical (unpaired) electrons. The van der Waals surface area contributed by atoms with Crippen LogP contribution in [0.2, 0.25) is 0 Å². The molecule has 0 atom stereocenters. The van der Waals surface area contributed by atoms with E-state index in [9.17, 15) is 9.59 Å². The third-order valence-electron chi connectivity index (χ3n) is 3.86. The van der Waals surface area contributed by atoms with Crippen molar-refractivity contribution >= 4 is 16.8 Å². The molecule has 5 heteroatoms. The number of carbonyl (C=O) groups excluding carboxylic acids is 1. The first-order chi connectivity index (χ1) is 11.1. The van der Waals surface area contributed by atoms with Crippen LogP contribution in [0.1, 0.15) is 16.1 Å². The summed E-state index contributed by atoms with van der Waals surface area (Å²) < 4.78 is 1.55. The van der Waals surface area contributed by atoms with Crippen molar-refractivity contribution in [1.29, 1.82) is 0 Å². The van der Waals surface area contributed by atoms with Gasteiger partial charge in [0.15, 0.2) is 0 Å². The maximum absolute atomic E-state index is 12.8. The van der Waals surface area contributed by atoms with Crippen LogP contribution in [0, 0.1) is 0 Å². The van der Waals surface area contributed by atoms with Gasteiger partial charge in [-0.05, 0) is 18.2 Å². The second kappa shape index (κ2) is 6.04. The summed E-state index contributed by atoms with van der Waals surface area (Å²) in [5.74, 6) is -0.190. The van der Waals surface area contributed by atoms with Crippen LogP contribution in [-0.2, 0) is 13.6 Å². The Morgan fingerprint density at radius 2 is 1.91 bits per heavy atom. The van der Waals surface area contributed by atoms with E-state index >= 15 is 0 Å². The molecule has 0 spiro atoms. The van der Waals surface area contributed by atoms with Gasteiger partial charge >= 0.3 is 0 Å². The fourth-order valence-electron chi connectivity index (χ4n) is 2.60. The first-order valence-electron chi connectivity index (χ1n) is 7.32. The molecular formula is C18H17N3O2. The third-order valence-corrected chi connectivity index (χ3v) is 3.86. The summed E-state index contributed by atoms with van der Waals surface area (Å²) >= 11 is 0. The maximum atomic E-state index is 12.8. The SMILES string of the molecule is CN(Cc1ccccn1)C(=O)c1cc(=O)n(C)c2ccccc12. The van der Waals surface area contributed by atoms with Crippen molar-refractivity contribution in [1.82, 2.24) is 14.5 Å². The second-order valence-electron chi connectivity index (χ2n) is 5.45. The molecule has 0 unspecified atom stereocenters. The molecule has 5 nitrogen and oxygen atoms in total. The highest BCUT2D eigenvalue weighted by molar-refractivity contribution is 6.05. The number of aryl methyl sites for hydroxylation is 1. The first-order valence-corrected chi connectivity index (χ1v) is 7.32. The molecule has 1 amide bonds. The Bertz CT molecular complexity index is 916. The predicted molar refractivity (Wildman–Crippen MR) is 89.2 cm³/mol. The number of amides is 1. The van der Waals surface area contributed by atoms with Crippen molar-refractivity contribution in [2.45, 2.75) is 6.54 Å². The molecule has 2 heterocycles. The lowest BCUT2D eigenvalue weighted by molar-refractivity contribution is 0.0785. The van der Waals surface area contributed by atoms with Gasteiger partial charge in [0.1, 0.15) is 0 Å². The van der Waals surface area contributed by atoms with Gasteiger partial charge in [-0.15, -0.1) is 0 Å². The average Bonchev–Trinajstić information content (AvgIpc) is 2.58. The Morgan fingerprint density at radius 1 is 1.17 bits per heavy atom. The van der Waals surface area contributed by atoms with Gasteiger partial charge in [0, 0.05) is 31.7 Å². The van der Waals surface area contributed by atoms with E-state index in [-0.39, 0.29) is 11.5 Å². The molecule has 1 aromatic carbocycles. The largest absolute Gasteiger partial charge is 0.336 e. The summed E-state index contributed by atoms with van der Waals surface area (Å²) in [5.41, 5.74) is 1.77. The number of hydrogen-bond donors (Lipinski definition) is 0. The molecule has 116 valence electrons. The van der Waals surface area contributed by atoms with Gasteiger partial charge in [-0.25, -0.2) is 0 Å². The molecular weight excluding hydrogens is 290 g/mol. The highest BCUT2D eigenvalue weighted by atomic mass is 16.2. The molecule has 3 rings (SSSR count). The summed E-state index contributed by atoms with van der Waals surface area (Å²) in [6, 6.07) is 14.4. The monoisotopic (exact) mass is 307 g/mol. The highest BCUT2D eigenvalue weighted by Gasteiger charge is 2.17. The van der Waals surface area contributed by atoms with Crippen molar-refractivity contribution in [2.75, 3.05) is 7.05 Å². The van der Waals surface area contributed by atoms with E-state index in [1.807, 2.05) is 42.5 Å². The molecule has 0 saturated heterocycles. The Balaban J connectivity index is 2.01. The van der Waals surface area contributed by atoms with E-state index in [4.69, 9.17) is 0 Å². The lowest BCUT2D eigenvalue weighted by atomic mass is 10.1. The van der Waals surface area contributed by atoms with Crippen LogP contribution in [-0.4, -0.2) is 27.4 Å². The second-order valence-corrected chi connectivity index (χ2v) is 5.45. The molecule has 0 saturated carbocycles. The zero-order valence-corrected chi connectivity index (χ0v) is 13.1. The van der Waals surface area contributed by atoms with E-state index in [0.29, 0.717) is 12.1 Å². The summed E-state index contributed by atoms with van der Waals surface area (Å²) in [4.78, 5) is 30.7. The number of nitrogens with zero attached hydrogens (tertiary/aromatic N) is 3. The number of fused-ring (bicyclic) bond motifs is 1. The number of para-hydroxylation sites is 1. The molecule has 0 aliphatic heterocycles. The molecule has 0 aliphatic rings. The minimum Gasteiger partial charge on any atom is -0.336 e. The number of carbonyl (C=O) groups is 1. The van der Waals surface area contributed by atoms with Crippen LogP contribution >= 0.6 is 0 Å².